The molecule has 1 aromatic heterocycles. The Hall–Kier alpha value is -7.10. The molecule has 254 valence electrons. The Bertz CT molecular complexity index is 2870. The normalized spacial score (nSPS) is 14.1. The van der Waals surface area contributed by atoms with Gasteiger partial charge in [0.2, 0.25) is 0 Å². The number of hydrogen-bond acceptors (Lipinski definition) is 3. The number of aliphatic imine (C=N–C) groups is 1. The average Bonchev–Trinajstić information content (AvgIpc) is 3.26. The molecule has 3 heteroatoms. The van der Waals surface area contributed by atoms with Crippen LogP contribution in [0, 0.1) is 0 Å². The second-order valence-corrected chi connectivity index (χ2v) is 13.9. The predicted molar refractivity (Wildman–Crippen MR) is 226 cm³/mol. The lowest BCUT2D eigenvalue weighted by atomic mass is 9.95. The molecule has 0 amide bonds. The number of pyridine rings is 1. The average molecular weight is 690 g/mol. The SMILES string of the molecule is C1=C(c2ccc(-c3cncc4ccccc34)cc2)N=C(c2ccc(-c3cccc4ccccc34)cc2)NC1c1ccc(-c2ccc3ccccc3c2)cc1. The van der Waals surface area contributed by atoms with Gasteiger partial charge in [-0.25, -0.2) is 4.99 Å². The molecule has 1 unspecified atom stereocenters. The summed E-state index contributed by atoms with van der Waals surface area (Å²) in [5, 5.41) is 11.1. The minimum absolute atomic E-state index is 0.0714. The molecule has 1 N–H and O–H groups in total. The molecule has 0 fully saturated rings. The molecule has 10 rings (SSSR count). The molecular weight excluding hydrogens is 655 g/mol. The Morgan fingerprint density at radius 3 is 1.74 bits per heavy atom. The van der Waals surface area contributed by atoms with Crippen molar-refractivity contribution in [3.8, 4) is 33.4 Å². The van der Waals surface area contributed by atoms with Crippen LogP contribution in [0.4, 0.5) is 0 Å². The fourth-order valence-corrected chi connectivity index (χ4v) is 7.73. The summed E-state index contributed by atoms with van der Waals surface area (Å²) in [6, 6.07) is 65.0. The standard InChI is InChI=1S/C51H35N3/c1-2-10-42-30-43(29-18-34(42)8-1)35-16-23-39(24-17-35)49-31-50(40-25-19-38(20-26-40)48-33-52-32-44-11-4-6-14-47(44)48)54-51(53-49)41-27-21-37(22-28-41)46-15-7-12-36-9-3-5-13-45(36)46/h1-33,49H,(H,53,54). The van der Waals surface area contributed by atoms with Crippen molar-refractivity contribution in [1.29, 1.82) is 0 Å². The summed E-state index contributed by atoms with van der Waals surface area (Å²) in [4.78, 5) is 9.78. The monoisotopic (exact) mass is 689 g/mol. The van der Waals surface area contributed by atoms with Gasteiger partial charge in [0.25, 0.3) is 0 Å². The molecule has 1 atom stereocenters. The molecule has 0 saturated carbocycles. The summed E-state index contributed by atoms with van der Waals surface area (Å²) >= 11 is 0. The minimum Gasteiger partial charge on any atom is -0.359 e. The smallest absolute Gasteiger partial charge is 0.134 e. The molecule has 0 saturated heterocycles. The Balaban J connectivity index is 1.01. The van der Waals surface area contributed by atoms with Crippen LogP contribution in [-0.4, -0.2) is 10.8 Å². The van der Waals surface area contributed by atoms with Gasteiger partial charge in [-0.3, -0.25) is 4.98 Å². The van der Waals surface area contributed by atoms with Crippen LogP contribution >= 0.6 is 0 Å². The summed E-state index contributed by atoms with van der Waals surface area (Å²) in [5.74, 6) is 0.850. The van der Waals surface area contributed by atoms with E-state index in [1.807, 2.05) is 12.4 Å². The van der Waals surface area contributed by atoms with Crippen molar-refractivity contribution in [2.45, 2.75) is 6.04 Å². The lowest BCUT2D eigenvalue weighted by molar-refractivity contribution is 0.781. The second kappa shape index (κ2) is 13.5. The maximum atomic E-state index is 5.25. The second-order valence-electron chi connectivity index (χ2n) is 13.9. The van der Waals surface area contributed by atoms with Crippen LogP contribution in [0.5, 0.6) is 0 Å². The highest BCUT2D eigenvalue weighted by Gasteiger charge is 2.20. The topological polar surface area (TPSA) is 37.3 Å². The zero-order valence-corrected chi connectivity index (χ0v) is 29.5. The highest BCUT2D eigenvalue weighted by Crippen LogP contribution is 2.34. The van der Waals surface area contributed by atoms with E-state index >= 15 is 0 Å². The minimum atomic E-state index is -0.0714. The summed E-state index contributed by atoms with van der Waals surface area (Å²) in [7, 11) is 0. The number of fused-ring (bicyclic) bond motifs is 3. The van der Waals surface area contributed by atoms with Crippen molar-refractivity contribution in [2.24, 2.45) is 4.99 Å². The first-order valence-electron chi connectivity index (χ1n) is 18.4. The van der Waals surface area contributed by atoms with Crippen LogP contribution in [0.2, 0.25) is 0 Å². The third-order valence-electron chi connectivity index (χ3n) is 10.6. The van der Waals surface area contributed by atoms with E-state index in [2.05, 4.69) is 198 Å². The third kappa shape index (κ3) is 5.92. The van der Waals surface area contributed by atoms with Gasteiger partial charge in [0.15, 0.2) is 0 Å². The molecule has 8 aromatic carbocycles. The lowest BCUT2D eigenvalue weighted by Gasteiger charge is -2.25. The van der Waals surface area contributed by atoms with Gasteiger partial charge in [-0.15, -0.1) is 0 Å². The van der Waals surface area contributed by atoms with Crippen LogP contribution < -0.4 is 5.32 Å². The van der Waals surface area contributed by atoms with Crippen LogP contribution in [0.25, 0.3) is 71.4 Å². The molecule has 0 bridgehead atoms. The van der Waals surface area contributed by atoms with Crippen molar-refractivity contribution in [1.82, 2.24) is 10.3 Å². The Kier molecular flexibility index (Phi) is 7.88. The summed E-state index contributed by atoms with van der Waals surface area (Å²) < 4.78 is 0. The lowest BCUT2D eigenvalue weighted by Crippen LogP contribution is -2.31. The van der Waals surface area contributed by atoms with E-state index in [1.54, 1.807) is 0 Å². The number of rotatable bonds is 6. The van der Waals surface area contributed by atoms with Crippen LogP contribution in [0.1, 0.15) is 22.7 Å². The maximum Gasteiger partial charge on any atom is 0.134 e. The van der Waals surface area contributed by atoms with Crippen LogP contribution in [-0.2, 0) is 0 Å². The molecule has 9 aromatic rings. The summed E-state index contributed by atoms with van der Waals surface area (Å²) in [6.07, 6.45) is 6.12. The maximum absolute atomic E-state index is 5.25. The first kappa shape index (κ1) is 31.6. The van der Waals surface area contributed by atoms with Gasteiger partial charge >= 0.3 is 0 Å². The zero-order chi connectivity index (χ0) is 35.8. The molecule has 1 aliphatic heterocycles. The number of aromatic nitrogens is 1. The fraction of sp³-hybridized carbons (Fsp3) is 0.0196. The quantitative estimate of drug-likeness (QED) is 0.189. The molecule has 0 aliphatic carbocycles. The van der Waals surface area contributed by atoms with Crippen molar-refractivity contribution in [3.05, 3.63) is 217 Å². The van der Waals surface area contributed by atoms with Crippen LogP contribution in [0.15, 0.2) is 205 Å². The largest absolute Gasteiger partial charge is 0.359 e. The Morgan fingerprint density at radius 2 is 0.963 bits per heavy atom. The van der Waals surface area contributed by atoms with Gasteiger partial charge < -0.3 is 5.32 Å². The van der Waals surface area contributed by atoms with E-state index in [9.17, 15) is 0 Å². The van der Waals surface area contributed by atoms with Crippen molar-refractivity contribution >= 4 is 43.9 Å². The van der Waals surface area contributed by atoms with Gasteiger partial charge in [0.1, 0.15) is 5.84 Å². The Morgan fingerprint density at radius 1 is 0.389 bits per heavy atom. The van der Waals surface area contributed by atoms with E-state index in [4.69, 9.17) is 4.99 Å². The van der Waals surface area contributed by atoms with E-state index in [0.29, 0.717) is 0 Å². The van der Waals surface area contributed by atoms with E-state index in [0.717, 1.165) is 39.2 Å². The highest BCUT2D eigenvalue weighted by atomic mass is 15.0. The van der Waals surface area contributed by atoms with Gasteiger partial charge in [0, 0.05) is 28.9 Å². The molecule has 54 heavy (non-hydrogen) atoms. The van der Waals surface area contributed by atoms with Gasteiger partial charge in [0.05, 0.1) is 11.7 Å². The number of nitrogens with one attached hydrogen (secondary N) is 1. The van der Waals surface area contributed by atoms with Crippen LogP contribution in [0.3, 0.4) is 0 Å². The van der Waals surface area contributed by atoms with Crippen molar-refractivity contribution in [2.75, 3.05) is 0 Å². The van der Waals surface area contributed by atoms with E-state index < -0.39 is 0 Å². The highest BCUT2D eigenvalue weighted by molar-refractivity contribution is 6.04. The number of nitrogens with zero attached hydrogens (tertiary/aromatic N) is 2. The van der Waals surface area contributed by atoms with Gasteiger partial charge in [-0.2, -0.15) is 0 Å². The molecule has 1 aliphatic rings. The van der Waals surface area contributed by atoms with Crippen molar-refractivity contribution < 1.29 is 0 Å². The Labute approximate surface area is 314 Å². The van der Waals surface area contributed by atoms with E-state index in [1.165, 1.54) is 54.7 Å². The summed E-state index contributed by atoms with van der Waals surface area (Å²) in [6.45, 7) is 0. The van der Waals surface area contributed by atoms with E-state index in [-0.39, 0.29) is 6.04 Å². The fourth-order valence-electron chi connectivity index (χ4n) is 7.73. The molecule has 0 spiro atoms. The summed E-state index contributed by atoms with van der Waals surface area (Å²) in [5.41, 5.74) is 11.3. The predicted octanol–water partition coefficient (Wildman–Crippen LogP) is 12.7. The first-order chi connectivity index (χ1) is 26.7. The third-order valence-corrected chi connectivity index (χ3v) is 10.6. The van der Waals surface area contributed by atoms with Gasteiger partial charge in [-0.1, -0.05) is 176 Å². The number of benzene rings is 8. The molecule has 0 radical (unpaired) electrons. The first-order valence-corrected chi connectivity index (χ1v) is 18.4. The number of amidine groups is 1. The molecular formula is C51H35N3. The molecule has 3 nitrogen and oxygen atoms in total. The zero-order valence-electron chi connectivity index (χ0n) is 29.5. The van der Waals surface area contributed by atoms with Crippen molar-refractivity contribution in [3.63, 3.8) is 0 Å². The molecule has 2 heterocycles. The van der Waals surface area contributed by atoms with Gasteiger partial charge in [-0.05, 0) is 78.0 Å². The number of hydrogen-bond donors (Lipinski definition) is 1.